The molecule has 65 heavy (non-hydrogen) atoms. The Balaban J connectivity index is 0.879. The molecule has 9 rings (SSSR count). The van der Waals surface area contributed by atoms with Gasteiger partial charge in [-0.15, -0.1) is 0 Å². The monoisotopic (exact) mass is 878 g/mol. The number of hydrogen-bond acceptors (Lipinski definition) is 8. The maximum Gasteiger partial charge on any atom is 0.407 e. The number of methoxy groups -OCH3 is 1. The number of imidazole rings is 2. The minimum atomic E-state index is -0.694. The molecule has 0 bridgehead atoms. The lowest BCUT2D eigenvalue weighted by atomic mass is 9.89. The third-order valence-electron chi connectivity index (χ3n) is 14.4. The zero-order valence-corrected chi connectivity index (χ0v) is 38.1. The highest BCUT2D eigenvalue weighted by Crippen LogP contribution is 2.41. The number of fused-ring (bicyclic) bond motifs is 1. The normalized spacial score (nSPS) is 21.3. The highest BCUT2D eigenvalue weighted by Gasteiger charge is 2.47. The second-order valence-electron chi connectivity index (χ2n) is 18.1. The molecule has 4 atom stereocenters. The molecule has 0 radical (unpaired) electrons. The smallest absolute Gasteiger partial charge is 0.407 e. The third kappa shape index (κ3) is 8.88. The third-order valence-corrected chi connectivity index (χ3v) is 14.4. The van der Waals surface area contributed by atoms with E-state index in [0.717, 1.165) is 103 Å². The van der Waals surface area contributed by atoms with E-state index in [1.54, 1.807) is 0 Å². The first-order valence-corrected chi connectivity index (χ1v) is 23.6. The van der Waals surface area contributed by atoms with Gasteiger partial charge in [0.05, 0.1) is 42.5 Å². The maximum atomic E-state index is 14.3. The lowest BCUT2D eigenvalue weighted by Gasteiger charge is -2.38. The molecular formula is C52H62N8O5. The first-order chi connectivity index (χ1) is 31.7. The number of amides is 3. The number of H-pyrrole nitrogens is 2. The number of allylic oxidation sites excluding steroid dienone is 4. The molecular weight excluding hydrogens is 817 g/mol. The molecule has 2 aromatic heterocycles. The number of carbonyl (C=O) groups excluding carboxylic acids is 3. The summed E-state index contributed by atoms with van der Waals surface area (Å²) < 4.78 is 10.5. The molecule has 5 heterocycles. The van der Waals surface area contributed by atoms with Gasteiger partial charge >= 0.3 is 6.09 Å². The molecule has 0 spiro atoms. The molecule has 13 nitrogen and oxygen atoms in total. The number of carbonyl (C=O) groups is 3. The fourth-order valence-electron chi connectivity index (χ4n) is 10.7. The van der Waals surface area contributed by atoms with E-state index in [9.17, 15) is 14.4 Å². The van der Waals surface area contributed by atoms with Crippen LogP contribution in [0.4, 0.5) is 4.79 Å². The number of benzene rings is 3. The number of nitrogens with one attached hydrogen (secondary N) is 3. The lowest BCUT2D eigenvalue weighted by molar-refractivity contribution is -0.140. The van der Waals surface area contributed by atoms with Gasteiger partial charge in [0.15, 0.2) is 0 Å². The van der Waals surface area contributed by atoms with E-state index >= 15 is 0 Å². The first-order valence-electron chi connectivity index (χ1n) is 23.6. The maximum absolute atomic E-state index is 14.3. The predicted octanol–water partition coefficient (Wildman–Crippen LogP) is 8.95. The molecule has 13 heteroatoms. The van der Waals surface area contributed by atoms with Crippen molar-refractivity contribution in [3.63, 3.8) is 0 Å². The van der Waals surface area contributed by atoms with Crippen LogP contribution in [-0.2, 0) is 24.6 Å². The van der Waals surface area contributed by atoms with E-state index in [1.165, 1.54) is 23.8 Å². The Morgan fingerprint density at radius 2 is 1.55 bits per heavy atom. The number of likely N-dealkylation sites (N-methyl/N-ethyl adjacent to an activating group) is 1. The largest absolute Gasteiger partial charge is 0.453 e. The molecule has 4 aliphatic rings. The van der Waals surface area contributed by atoms with Gasteiger partial charge < -0.3 is 34.6 Å². The van der Waals surface area contributed by atoms with Gasteiger partial charge in [-0.2, -0.15) is 0 Å². The van der Waals surface area contributed by atoms with Crippen molar-refractivity contribution in [1.29, 1.82) is 0 Å². The van der Waals surface area contributed by atoms with Gasteiger partial charge in [0.25, 0.3) is 0 Å². The van der Waals surface area contributed by atoms with E-state index in [-0.39, 0.29) is 29.8 Å². The summed E-state index contributed by atoms with van der Waals surface area (Å²) in [5.74, 6) is 1.60. The Morgan fingerprint density at radius 1 is 0.846 bits per heavy atom. The Labute approximate surface area is 381 Å². The molecule has 3 aromatic carbocycles. The van der Waals surface area contributed by atoms with Crippen LogP contribution in [-0.4, -0.2) is 105 Å². The average molecular weight is 879 g/mol. The van der Waals surface area contributed by atoms with Crippen molar-refractivity contribution in [1.82, 2.24) is 40.0 Å². The van der Waals surface area contributed by atoms with Crippen LogP contribution >= 0.6 is 0 Å². The van der Waals surface area contributed by atoms with E-state index in [1.807, 2.05) is 40.4 Å². The molecule has 1 aliphatic carbocycles. The quantitative estimate of drug-likeness (QED) is 0.106. The minimum Gasteiger partial charge on any atom is -0.453 e. The van der Waals surface area contributed by atoms with Crippen LogP contribution in [0.1, 0.15) is 113 Å². The van der Waals surface area contributed by atoms with Crippen molar-refractivity contribution in [3.8, 4) is 11.3 Å². The van der Waals surface area contributed by atoms with Crippen molar-refractivity contribution in [3.05, 3.63) is 120 Å². The number of rotatable bonds is 13. The fourth-order valence-corrected chi connectivity index (χ4v) is 10.7. The molecule has 3 fully saturated rings. The van der Waals surface area contributed by atoms with Crippen molar-refractivity contribution >= 4 is 39.8 Å². The summed E-state index contributed by atoms with van der Waals surface area (Å²) in [5.41, 5.74) is 7.01. The van der Waals surface area contributed by atoms with Crippen LogP contribution < -0.4 is 5.32 Å². The Morgan fingerprint density at radius 3 is 2.28 bits per heavy atom. The summed E-state index contributed by atoms with van der Waals surface area (Å²) in [6.45, 7) is 10.3. The second kappa shape index (κ2) is 19.2. The van der Waals surface area contributed by atoms with Crippen LogP contribution in [0.2, 0.25) is 0 Å². The zero-order chi connectivity index (χ0) is 45.1. The SMILES string of the molecule is CCN(CC)[C@@H](C(=O)N1CCC[C@H]1c1ncc(C2=CC=C(c3ccc4cc(-c5cnc([C@]6(C)CCCN6C(=O)[C@@H](NC(=O)OC)C6CCOCC6)[nH]5)ccc4c3)CC2)[nH]1)c1ccccc1. The number of aromatic amines is 2. The minimum absolute atomic E-state index is 0.0322. The summed E-state index contributed by atoms with van der Waals surface area (Å²) in [7, 11) is 1.32. The first kappa shape index (κ1) is 44.2. The summed E-state index contributed by atoms with van der Waals surface area (Å²) in [4.78, 5) is 64.0. The molecule has 0 saturated carbocycles. The van der Waals surface area contributed by atoms with Crippen molar-refractivity contribution in [2.45, 2.75) is 95.8 Å². The number of ether oxygens (including phenoxy) is 2. The Kier molecular flexibility index (Phi) is 13.0. The Bertz CT molecular complexity index is 2570. The second-order valence-corrected chi connectivity index (χ2v) is 18.1. The summed E-state index contributed by atoms with van der Waals surface area (Å²) in [6, 6.07) is 22.2. The van der Waals surface area contributed by atoms with Crippen molar-refractivity contribution < 1.29 is 23.9 Å². The summed E-state index contributed by atoms with van der Waals surface area (Å²) >= 11 is 0. The standard InChI is InChI=1S/C52H62N8O5/c1-5-58(6-2)46(37-12-8-7-9-13-37)49(62)59-26-10-14-44(59)47-53-32-42(55-47)35-17-15-34(16-18-35)38-19-20-40-31-41(22-21-39(40)30-38)43-33-54-50(56-43)52(3)25-11-27-60(52)48(61)45(57-51(63)64-4)36-23-28-65-29-24-36/h7-9,12-13,15,17,19-22,30-33,36,44-46H,5-6,10-11,14,16,18,23-29H2,1-4H3,(H,53,55)(H,54,56)(H,57,63)/t44-,45-,46+,52-/m0/s1. The van der Waals surface area contributed by atoms with Gasteiger partial charge in [-0.1, -0.05) is 80.6 Å². The Hall–Kier alpha value is -6.05. The van der Waals surface area contributed by atoms with E-state index in [4.69, 9.17) is 19.4 Å². The van der Waals surface area contributed by atoms with Gasteiger partial charge in [0.2, 0.25) is 11.8 Å². The lowest BCUT2D eigenvalue weighted by Crippen LogP contribution is -2.56. The van der Waals surface area contributed by atoms with Gasteiger partial charge in [-0.05, 0) is 122 Å². The molecule has 5 aromatic rings. The number of nitrogens with zero attached hydrogens (tertiary/aromatic N) is 5. The molecule has 0 unspecified atom stereocenters. The zero-order valence-electron chi connectivity index (χ0n) is 38.1. The number of likely N-dealkylation sites (tertiary alicyclic amines) is 2. The van der Waals surface area contributed by atoms with Crippen LogP contribution in [0.25, 0.3) is 33.2 Å². The van der Waals surface area contributed by atoms with Crippen LogP contribution in [0, 0.1) is 5.92 Å². The van der Waals surface area contributed by atoms with Crippen LogP contribution in [0.5, 0.6) is 0 Å². The average Bonchev–Trinajstić information content (AvgIpc) is 4.20. The van der Waals surface area contributed by atoms with Gasteiger partial charge in [0, 0.05) is 31.9 Å². The topological polar surface area (TPSA) is 149 Å². The number of hydrogen-bond donors (Lipinski definition) is 3. The highest BCUT2D eigenvalue weighted by atomic mass is 16.5. The van der Waals surface area contributed by atoms with Gasteiger partial charge in [0.1, 0.15) is 23.7 Å². The highest BCUT2D eigenvalue weighted by molar-refractivity contribution is 5.91. The van der Waals surface area contributed by atoms with Crippen LogP contribution in [0.15, 0.2) is 91.3 Å². The predicted molar refractivity (Wildman–Crippen MR) is 252 cm³/mol. The molecule has 3 aliphatic heterocycles. The molecule has 3 saturated heterocycles. The summed E-state index contributed by atoms with van der Waals surface area (Å²) in [6.07, 6.45) is 14.3. The number of alkyl carbamates (subject to hydrolysis) is 1. The fraction of sp³-hybridized carbons (Fsp3) is 0.442. The van der Waals surface area contributed by atoms with Crippen molar-refractivity contribution in [2.75, 3.05) is 46.5 Å². The van der Waals surface area contributed by atoms with E-state index in [0.29, 0.717) is 32.6 Å². The van der Waals surface area contributed by atoms with E-state index < -0.39 is 17.7 Å². The van der Waals surface area contributed by atoms with E-state index in [2.05, 4.69) is 102 Å². The molecule has 340 valence electrons. The van der Waals surface area contributed by atoms with Crippen molar-refractivity contribution in [2.24, 2.45) is 5.92 Å². The van der Waals surface area contributed by atoms with Gasteiger partial charge in [-0.25, -0.2) is 14.8 Å². The molecule has 3 N–H and O–H groups in total. The summed E-state index contributed by atoms with van der Waals surface area (Å²) in [5, 5.41) is 5.13. The number of aromatic nitrogens is 4. The van der Waals surface area contributed by atoms with Gasteiger partial charge in [-0.3, -0.25) is 14.5 Å². The van der Waals surface area contributed by atoms with Crippen LogP contribution in [0.3, 0.4) is 0 Å². The molecule has 3 amide bonds.